The van der Waals surface area contributed by atoms with Crippen molar-refractivity contribution in [2.75, 3.05) is 5.73 Å². The lowest BCUT2D eigenvalue weighted by molar-refractivity contribution is 0.0935. The number of pyridine rings is 2. The number of halogens is 1. The largest absolute Gasteiger partial charge is 0.394 e. The van der Waals surface area contributed by atoms with Crippen LogP contribution in [-0.4, -0.2) is 30.6 Å². The Morgan fingerprint density at radius 2 is 2.06 bits per heavy atom. The molecule has 0 aliphatic carbocycles. The van der Waals surface area contributed by atoms with Crippen LogP contribution in [0, 0.1) is 20.4 Å². The number of benzene rings is 1. The molecule has 160 valence electrons. The summed E-state index contributed by atoms with van der Waals surface area (Å²) in [5.74, 6) is -0.0434. The van der Waals surface area contributed by atoms with Gasteiger partial charge in [-0.25, -0.2) is 4.98 Å². The topological polar surface area (TPSA) is 116 Å². The monoisotopic (exact) mass is 446 g/mol. The number of fused-ring (bicyclic) bond motifs is 1. The average molecular weight is 447 g/mol. The molecule has 9 nitrogen and oxygen atoms in total. The minimum absolute atomic E-state index is 0.0547. The SMILES string of the molecule is [C-]#[N+]c1nc(C(=O)NCc2c(C)cc(N)nc2C)n(Cc2ccc3ncc(Cl)cc3c2)n1. The molecule has 3 aromatic heterocycles. The van der Waals surface area contributed by atoms with Crippen molar-refractivity contribution in [2.24, 2.45) is 0 Å². The standard InChI is InChI=1S/C22H19ClN8O/c1-12-6-19(24)28-13(2)17(12)10-27-21(32)20-29-22(25-3)30-31(20)11-14-4-5-18-15(7-14)8-16(23)9-26-18/h4-9H,10-11H2,1-2H3,(H2,24,28)(H,27,32). The summed E-state index contributed by atoms with van der Waals surface area (Å²) in [5.41, 5.74) is 10.00. The van der Waals surface area contributed by atoms with E-state index in [2.05, 4.69) is 30.2 Å². The summed E-state index contributed by atoms with van der Waals surface area (Å²) in [4.78, 5) is 28.8. The van der Waals surface area contributed by atoms with E-state index in [1.165, 1.54) is 4.68 Å². The van der Waals surface area contributed by atoms with Crippen LogP contribution in [0.4, 0.5) is 11.8 Å². The van der Waals surface area contributed by atoms with Crippen molar-refractivity contribution in [3.8, 4) is 0 Å². The van der Waals surface area contributed by atoms with Crippen LogP contribution in [0.5, 0.6) is 0 Å². The zero-order chi connectivity index (χ0) is 22.8. The zero-order valence-corrected chi connectivity index (χ0v) is 18.2. The Hall–Kier alpha value is -4.03. The van der Waals surface area contributed by atoms with E-state index in [9.17, 15) is 4.79 Å². The molecule has 1 amide bonds. The van der Waals surface area contributed by atoms with Crippen molar-refractivity contribution in [3.05, 3.63) is 81.2 Å². The van der Waals surface area contributed by atoms with Crippen LogP contribution < -0.4 is 11.1 Å². The van der Waals surface area contributed by atoms with E-state index in [1.807, 2.05) is 38.1 Å². The Bertz CT molecular complexity index is 1370. The summed E-state index contributed by atoms with van der Waals surface area (Å²) >= 11 is 6.05. The number of anilines is 1. The highest BCUT2D eigenvalue weighted by Gasteiger charge is 2.22. The lowest BCUT2D eigenvalue weighted by Gasteiger charge is -2.11. The smallest absolute Gasteiger partial charge is 0.393 e. The molecule has 0 spiro atoms. The molecule has 10 heteroatoms. The number of nitrogens with one attached hydrogen (secondary N) is 1. The Labute approximate surface area is 189 Å². The van der Waals surface area contributed by atoms with Crippen LogP contribution >= 0.6 is 11.6 Å². The number of nitrogen functional groups attached to an aromatic ring is 1. The third kappa shape index (κ3) is 4.36. The van der Waals surface area contributed by atoms with Gasteiger partial charge in [-0.05, 0) is 54.8 Å². The molecular weight excluding hydrogens is 428 g/mol. The summed E-state index contributed by atoms with van der Waals surface area (Å²) in [5, 5.41) is 8.41. The number of amides is 1. The van der Waals surface area contributed by atoms with Gasteiger partial charge in [0.25, 0.3) is 5.82 Å². The van der Waals surface area contributed by atoms with Gasteiger partial charge in [-0.15, -0.1) is 11.6 Å². The number of hydrogen-bond donors (Lipinski definition) is 2. The van der Waals surface area contributed by atoms with Gasteiger partial charge in [-0.2, -0.15) is 4.68 Å². The van der Waals surface area contributed by atoms with Gasteiger partial charge in [0.15, 0.2) is 0 Å². The molecule has 4 rings (SSSR count). The molecule has 0 saturated carbocycles. The Morgan fingerprint density at radius 1 is 1.25 bits per heavy atom. The van der Waals surface area contributed by atoms with Gasteiger partial charge in [-0.1, -0.05) is 22.8 Å². The van der Waals surface area contributed by atoms with Crippen LogP contribution in [0.1, 0.15) is 33.0 Å². The van der Waals surface area contributed by atoms with Crippen LogP contribution in [0.2, 0.25) is 5.02 Å². The summed E-state index contributed by atoms with van der Waals surface area (Å²) in [6.07, 6.45) is 1.59. The van der Waals surface area contributed by atoms with Gasteiger partial charge in [-0.3, -0.25) is 9.78 Å². The fraction of sp³-hybridized carbons (Fsp3) is 0.182. The highest BCUT2D eigenvalue weighted by molar-refractivity contribution is 6.31. The minimum Gasteiger partial charge on any atom is -0.393 e. The first kappa shape index (κ1) is 21.2. The number of rotatable bonds is 5. The number of aromatic nitrogens is 5. The maximum Gasteiger partial charge on any atom is 0.394 e. The van der Waals surface area contributed by atoms with Gasteiger partial charge >= 0.3 is 11.9 Å². The molecule has 0 atom stereocenters. The van der Waals surface area contributed by atoms with E-state index in [4.69, 9.17) is 23.9 Å². The second-order valence-corrected chi connectivity index (χ2v) is 7.73. The van der Waals surface area contributed by atoms with Crippen LogP contribution in [0.25, 0.3) is 15.7 Å². The molecule has 0 aliphatic rings. The molecule has 3 N–H and O–H groups in total. The fourth-order valence-electron chi connectivity index (χ4n) is 3.48. The van der Waals surface area contributed by atoms with E-state index < -0.39 is 5.91 Å². The first-order valence-electron chi connectivity index (χ1n) is 9.71. The van der Waals surface area contributed by atoms with Gasteiger partial charge in [0, 0.05) is 23.8 Å². The lowest BCUT2D eigenvalue weighted by Crippen LogP contribution is -2.27. The molecular formula is C22H19ClN8O. The van der Waals surface area contributed by atoms with Crippen molar-refractivity contribution in [2.45, 2.75) is 26.9 Å². The van der Waals surface area contributed by atoms with Crippen LogP contribution in [0.3, 0.4) is 0 Å². The molecule has 0 fully saturated rings. The first-order chi connectivity index (χ1) is 15.3. The minimum atomic E-state index is -0.437. The van der Waals surface area contributed by atoms with Crippen LogP contribution in [-0.2, 0) is 13.1 Å². The zero-order valence-electron chi connectivity index (χ0n) is 17.4. The molecule has 1 aromatic carbocycles. The predicted molar refractivity (Wildman–Crippen MR) is 121 cm³/mol. The maximum absolute atomic E-state index is 12.9. The Kier molecular flexibility index (Phi) is 5.71. The van der Waals surface area contributed by atoms with Crippen molar-refractivity contribution in [1.29, 1.82) is 0 Å². The normalized spacial score (nSPS) is 10.8. The second-order valence-electron chi connectivity index (χ2n) is 7.30. The molecule has 0 unspecified atom stereocenters. The van der Waals surface area contributed by atoms with E-state index in [-0.39, 0.29) is 24.9 Å². The third-order valence-corrected chi connectivity index (χ3v) is 5.21. The van der Waals surface area contributed by atoms with E-state index >= 15 is 0 Å². The first-order valence-corrected chi connectivity index (χ1v) is 10.1. The van der Waals surface area contributed by atoms with Crippen molar-refractivity contribution < 1.29 is 4.79 Å². The number of carbonyl (C=O) groups is 1. The fourth-order valence-corrected chi connectivity index (χ4v) is 3.65. The number of aryl methyl sites for hydroxylation is 2. The summed E-state index contributed by atoms with van der Waals surface area (Å²) in [7, 11) is 0. The summed E-state index contributed by atoms with van der Waals surface area (Å²) < 4.78 is 1.42. The summed E-state index contributed by atoms with van der Waals surface area (Å²) in [6.45, 7) is 11.5. The Morgan fingerprint density at radius 3 is 2.81 bits per heavy atom. The molecule has 32 heavy (non-hydrogen) atoms. The molecule has 0 bridgehead atoms. The number of nitrogens with two attached hydrogens (primary N) is 1. The van der Waals surface area contributed by atoms with E-state index in [0.717, 1.165) is 33.3 Å². The van der Waals surface area contributed by atoms with Gasteiger partial charge in [0.2, 0.25) is 0 Å². The second kappa shape index (κ2) is 8.61. The van der Waals surface area contributed by atoms with Gasteiger partial charge < -0.3 is 15.9 Å². The molecule has 3 heterocycles. The van der Waals surface area contributed by atoms with Crippen LogP contribution in [0.15, 0.2) is 36.5 Å². The quantitative estimate of drug-likeness (QED) is 0.452. The molecule has 4 aromatic rings. The Balaban J connectivity index is 1.58. The number of carbonyl (C=O) groups excluding carboxylic acids is 1. The van der Waals surface area contributed by atoms with E-state index in [0.29, 0.717) is 10.8 Å². The maximum atomic E-state index is 12.9. The number of nitrogens with zero attached hydrogens (tertiary/aromatic N) is 6. The van der Waals surface area contributed by atoms with E-state index in [1.54, 1.807) is 12.3 Å². The van der Waals surface area contributed by atoms with Gasteiger partial charge in [0.1, 0.15) is 5.82 Å². The number of hydrogen-bond acceptors (Lipinski definition) is 6. The lowest BCUT2D eigenvalue weighted by atomic mass is 10.1. The molecule has 0 radical (unpaired) electrons. The van der Waals surface area contributed by atoms with Crippen molar-refractivity contribution in [1.82, 2.24) is 30.0 Å². The average Bonchev–Trinajstić information content (AvgIpc) is 3.15. The molecule has 0 aliphatic heterocycles. The highest BCUT2D eigenvalue weighted by Crippen LogP contribution is 2.20. The third-order valence-electron chi connectivity index (χ3n) is 5.01. The highest BCUT2D eigenvalue weighted by atomic mass is 35.5. The van der Waals surface area contributed by atoms with Crippen molar-refractivity contribution in [3.63, 3.8) is 0 Å². The van der Waals surface area contributed by atoms with Crippen molar-refractivity contribution >= 4 is 40.2 Å². The predicted octanol–water partition coefficient (Wildman–Crippen LogP) is 3.60. The summed E-state index contributed by atoms with van der Waals surface area (Å²) in [6, 6.07) is 9.25. The molecule has 0 saturated heterocycles. The van der Waals surface area contributed by atoms with Gasteiger partial charge in [0.05, 0.1) is 17.1 Å².